The van der Waals surface area contributed by atoms with Crippen LogP contribution < -0.4 is 10.1 Å². The molecule has 1 fully saturated rings. The number of benzene rings is 2. The molecule has 0 saturated carbocycles. The summed E-state index contributed by atoms with van der Waals surface area (Å²) in [5.41, 5.74) is 3.01. The number of nitrogens with zero attached hydrogens (tertiary/aromatic N) is 2. The molecule has 6 nitrogen and oxygen atoms in total. The summed E-state index contributed by atoms with van der Waals surface area (Å²) < 4.78 is 5.61. The number of ether oxygens (including phenoxy) is 1. The van der Waals surface area contributed by atoms with Gasteiger partial charge in [-0.25, -0.2) is 0 Å². The summed E-state index contributed by atoms with van der Waals surface area (Å²) in [6, 6.07) is 13.3. The van der Waals surface area contributed by atoms with Gasteiger partial charge in [-0.05, 0) is 42.7 Å². The van der Waals surface area contributed by atoms with Crippen molar-refractivity contribution in [3.05, 3.63) is 58.6 Å². The highest BCUT2D eigenvalue weighted by molar-refractivity contribution is 6.32. The van der Waals surface area contributed by atoms with Crippen LogP contribution in [0.1, 0.15) is 18.1 Å². The molecule has 3 rings (SSSR count). The van der Waals surface area contributed by atoms with Gasteiger partial charge < -0.3 is 15.0 Å². The van der Waals surface area contributed by atoms with Crippen molar-refractivity contribution in [2.75, 3.05) is 44.6 Å². The summed E-state index contributed by atoms with van der Waals surface area (Å²) in [5, 5.41) is 3.49. The van der Waals surface area contributed by atoms with Gasteiger partial charge >= 0.3 is 0 Å². The maximum Gasteiger partial charge on any atom is 0.260 e. The van der Waals surface area contributed by atoms with E-state index < -0.39 is 0 Å². The van der Waals surface area contributed by atoms with E-state index in [1.54, 1.807) is 11.0 Å². The van der Waals surface area contributed by atoms with Gasteiger partial charge in [0.15, 0.2) is 6.61 Å². The number of rotatable bonds is 7. The van der Waals surface area contributed by atoms with Crippen molar-refractivity contribution in [1.29, 1.82) is 0 Å². The number of nitrogens with one attached hydrogen (secondary N) is 1. The minimum Gasteiger partial charge on any atom is -0.482 e. The molecule has 0 aromatic heterocycles. The Morgan fingerprint density at radius 2 is 1.83 bits per heavy atom. The Labute approximate surface area is 182 Å². The van der Waals surface area contributed by atoms with Gasteiger partial charge in [0.05, 0.1) is 11.6 Å². The quantitative estimate of drug-likeness (QED) is 0.733. The number of hydrogen-bond acceptors (Lipinski definition) is 4. The van der Waals surface area contributed by atoms with Crippen LogP contribution in [0.3, 0.4) is 0 Å². The predicted molar refractivity (Wildman–Crippen MR) is 119 cm³/mol. The standard InChI is InChI=1S/C23H28ClN3O3/c1-3-18-6-4-5-7-20(18)25-22(28)15-26-10-12-27(13-11-26)23(29)16-30-21-14-17(2)8-9-19(21)24/h4-9,14H,3,10-13,15-16H2,1-2H3,(H,25,28). The summed E-state index contributed by atoms with van der Waals surface area (Å²) in [6.07, 6.45) is 0.868. The Hall–Kier alpha value is -2.57. The fourth-order valence-electron chi connectivity index (χ4n) is 3.45. The number of piperazine rings is 1. The molecule has 160 valence electrons. The minimum absolute atomic E-state index is 0.0342. The minimum atomic E-state index is -0.0754. The van der Waals surface area contributed by atoms with Crippen LogP contribution in [0, 0.1) is 6.92 Å². The van der Waals surface area contributed by atoms with E-state index in [0.29, 0.717) is 43.5 Å². The van der Waals surface area contributed by atoms with Gasteiger partial charge in [0.2, 0.25) is 5.91 Å². The second kappa shape index (κ2) is 10.5. The predicted octanol–water partition coefficient (Wildman–Crippen LogP) is 3.37. The van der Waals surface area contributed by atoms with Crippen LogP contribution in [0.4, 0.5) is 5.69 Å². The Kier molecular flexibility index (Phi) is 7.71. The smallest absolute Gasteiger partial charge is 0.260 e. The van der Waals surface area contributed by atoms with Crippen molar-refractivity contribution in [2.24, 2.45) is 0 Å². The molecule has 7 heteroatoms. The molecule has 1 N–H and O–H groups in total. The highest BCUT2D eigenvalue weighted by Gasteiger charge is 2.23. The van der Waals surface area contributed by atoms with Gasteiger partial charge in [-0.15, -0.1) is 0 Å². The monoisotopic (exact) mass is 429 g/mol. The lowest BCUT2D eigenvalue weighted by atomic mass is 10.1. The van der Waals surface area contributed by atoms with Crippen molar-refractivity contribution in [2.45, 2.75) is 20.3 Å². The van der Waals surface area contributed by atoms with Crippen LogP contribution in [-0.2, 0) is 16.0 Å². The Morgan fingerprint density at radius 1 is 1.10 bits per heavy atom. The van der Waals surface area contributed by atoms with Gasteiger partial charge in [-0.2, -0.15) is 0 Å². The molecule has 0 atom stereocenters. The number of hydrogen-bond donors (Lipinski definition) is 1. The second-order valence-corrected chi connectivity index (χ2v) is 7.85. The van der Waals surface area contributed by atoms with E-state index in [-0.39, 0.29) is 18.4 Å². The molecule has 0 unspecified atom stereocenters. The zero-order chi connectivity index (χ0) is 21.5. The summed E-state index contributed by atoms with van der Waals surface area (Å²) in [6.45, 7) is 6.73. The van der Waals surface area contributed by atoms with E-state index in [9.17, 15) is 9.59 Å². The SMILES string of the molecule is CCc1ccccc1NC(=O)CN1CCN(C(=O)COc2cc(C)ccc2Cl)CC1. The Morgan fingerprint density at radius 3 is 2.57 bits per heavy atom. The molecule has 1 heterocycles. The molecule has 0 spiro atoms. The molecule has 0 bridgehead atoms. The van der Waals surface area contributed by atoms with Crippen molar-refractivity contribution in [3.63, 3.8) is 0 Å². The molecule has 0 radical (unpaired) electrons. The highest BCUT2D eigenvalue weighted by atomic mass is 35.5. The Balaban J connectivity index is 1.43. The van der Waals surface area contributed by atoms with Gasteiger partial charge in [0.1, 0.15) is 5.75 Å². The van der Waals surface area contributed by atoms with Crippen molar-refractivity contribution >= 4 is 29.1 Å². The number of halogens is 1. The number of amides is 2. The average molecular weight is 430 g/mol. The summed E-state index contributed by atoms with van der Waals surface area (Å²) in [4.78, 5) is 28.7. The molecule has 1 aliphatic rings. The molecular formula is C23H28ClN3O3. The topological polar surface area (TPSA) is 61.9 Å². The van der Waals surface area contributed by atoms with Gasteiger partial charge in [0.25, 0.3) is 5.91 Å². The van der Waals surface area contributed by atoms with E-state index in [4.69, 9.17) is 16.3 Å². The molecule has 2 aromatic rings. The fourth-order valence-corrected chi connectivity index (χ4v) is 3.62. The number of carbonyl (C=O) groups is 2. The summed E-state index contributed by atoms with van der Waals surface area (Å²) in [7, 11) is 0. The van der Waals surface area contributed by atoms with Crippen LogP contribution in [0.2, 0.25) is 5.02 Å². The van der Waals surface area contributed by atoms with Crippen molar-refractivity contribution in [1.82, 2.24) is 9.80 Å². The fraction of sp³-hybridized carbons (Fsp3) is 0.391. The van der Waals surface area contributed by atoms with Crippen LogP contribution in [-0.4, -0.2) is 60.9 Å². The van der Waals surface area contributed by atoms with Crippen LogP contribution in [0.15, 0.2) is 42.5 Å². The first kappa shape index (κ1) is 22.1. The molecule has 2 amide bonds. The first-order valence-electron chi connectivity index (χ1n) is 10.2. The maximum atomic E-state index is 12.5. The number of aryl methyl sites for hydroxylation is 2. The molecule has 0 aliphatic carbocycles. The molecule has 1 aliphatic heterocycles. The highest BCUT2D eigenvalue weighted by Crippen LogP contribution is 2.25. The molecule has 1 saturated heterocycles. The first-order chi connectivity index (χ1) is 14.5. The number of anilines is 1. The third kappa shape index (κ3) is 5.97. The van der Waals surface area contributed by atoms with Crippen molar-refractivity contribution < 1.29 is 14.3 Å². The van der Waals surface area contributed by atoms with E-state index in [0.717, 1.165) is 23.2 Å². The zero-order valence-electron chi connectivity index (χ0n) is 17.5. The summed E-state index contributed by atoms with van der Waals surface area (Å²) in [5.74, 6) is 0.411. The normalized spacial score (nSPS) is 14.4. The van der Waals surface area contributed by atoms with Gasteiger partial charge in [-0.1, -0.05) is 42.8 Å². The zero-order valence-corrected chi connectivity index (χ0v) is 18.2. The van der Waals surface area contributed by atoms with Gasteiger partial charge in [0, 0.05) is 31.9 Å². The van der Waals surface area contributed by atoms with Crippen LogP contribution in [0.25, 0.3) is 0 Å². The third-order valence-corrected chi connectivity index (χ3v) is 5.51. The summed E-state index contributed by atoms with van der Waals surface area (Å²) >= 11 is 6.12. The lowest BCUT2D eigenvalue weighted by Crippen LogP contribution is -2.51. The Bertz CT molecular complexity index is 895. The van der Waals surface area contributed by atoms with Crippen LogP contribution in [0.5, 0.6) is 5.75 Å². The van der Waals surface area contributed by atoms with E-state index in [2.05, 4.69) is 17.1 Å². The first-order valence-corrected chi connectivity index (χ1v) is 10.6. The molecule has 30 heavy (non-hydrogen) atoms. The second-order valence-electron chi connectivity index (χ2n) is 7.44. The van der Waals surface area contributed by atoms with E-state index >= 15 is 0 Å². The van der Waals surface area contributed by atoms with E-state index in [1.165, 1.54) is 0 Å². The maximum absolute atomic E-state index is 12.5. The number of carbonyl (C=O) groups excluding carboxylic acids is 2. The van der Waals surface area contributed by atoms with Crippen LogP contribution >= 0.6 is 11.6 Å². The average Bonchev–Trinajstić information content (AvgIpc) is 2.75. The van der Waals surface area contributed by atoms with E-state index in [1.807, 2.05) is 43.3 Å². The van der Waals surface area contributed by atoms with Crippen molar-refractivity contribution in [3.8, 4) is 5.75 Å². The molecular weight excluding hydrogens is 402 g/mol. The lowest BCUT2D eigenvalue weighted by molar-refractivity contribution is -0.135. The van der Waals surface area contributed by atoms with Gasteiger partial charge in [-0.3, -0.25) is 14.5 Å². The lowest BCUT2D eigenvalue weighted by Gasteiger charge is -2.34. The molecule has 2 aromatic carbocycles. The number of para-hydroxylation sites is 1. The third-order valence-electron chi connectivity index (χ3n) is 5.20. The largest absolute Gasteiger partial charge is 0.482 e.